The van der Waals surface area contributed by atoms with E-state index in [9.17, 15) is 4.79 Å². The van der Waals surface area contributed by atoms with Crippen LogP contribution < -0.4 is 16.0 Å². The zero-order chi connectivity index (χ0) is 13.8. The summed E-state index contributed by atoms with van der Waals surface area (Å²) in [6.45, 7) is 4.06. The molecule has 19 heavy (non-hydrogen) atoms. The molecule has 1 aromatic rings. The van der Waals surface area contributed by atoms with Crippen LogP contribution in [-0.4, -0.2) is 37.1 Å². The second-order valence-electron chi connectivity index (χ2n) is 5.16. The van der Waals surface area contributed by atoms with E-state index < -0.39 is 0 Å². The number of nitrogens with zero attached hydrogens (tertiary/aromatic N) is 2. The van der Waals surface area contributed by atoms with Crippen LogP contribution in [-0.2, 0) is 0 Å². The van der Waals surface area contributed by atoms with E-state index in [4.69, 9.17) is 5.73 Å². The molecule has 3 N–H and O–H groups in total. The van der Waals surface area contributed by atoms with Gasteiger partial charge >= 0.3 is 0 Å². The van der Waals surface area contributed by atoms with Crippen LogP contribution in [0.1, 0.15) is 30.3 Å². The molecule has 104 valence electrons. The molecule has 1 atom stereocenters. The first-order valence-corrected chi connectivity index (χ1v) is 6.80. The third-order valence-electron chi connectivity index (χ3n) is 3.85. The standard InChI is InChI=1S/C14H22N4O/c1-10(15)11-4-7-18(8-5-11)12-3-6-17-13(9-12)14(19)16-2/h3,6,9-11H,4-5,7-8,15H2,1-2H3,(H,16,19). The Hall–Kier alpha value is -1.62. The van der Waals surface area contributed by atoms with Crippen LogP contribution in [0.25, 0.3) is 0 Å². The van der Waals surface area contributed by atoms with Crippen LogP contribution in [0.15, 0.2) is 18.3 Å². The summed E-state index contributed by atoms with van der Waals surface area (Å²) >= 11 is 0. The van der Waals surface area contributed by atoms with Crippen LogP contribution in [0, 0.1) is 5.92 Å². The van der Waals surface area contributed by atoms with Crippen molar-refractivity contribution in [3.63, 3.8) is 0 Å². The molecule has 5 heteroatoms. The Kier molecular flexibility index (Phi) is 4.37. The quantitative estimate of drug-likeness (QED) is 0.852. The molecule has 1 saturated heterocycles. The van der Waals surface area contributed by atoms with Crippen molar-refractivity contribution >= 4 is 11.6 Å². The van der Waals surface area contributed by atoms with Gasteiger partial charge in [0.2, 0.25) is 0 Å². The molecule has 0 aliphatic carbocycles. The maximum absolute atomic E-state index is 11.6. The van der Waals surface area contributed by atoms with E-state index in [1.165, 1.54) is 0 Å². The van der Waals surface area contributed by atoms with Crippen molar-refractivity contribution in [3.8, 4) is 0 Å². The predicted octanol–water partition coefficient (Wildman–Crippen LogP) is 1.00. The van der Waals surface area contributed by atoms with E-state index in [0.717, 1.165) is 31.6 Å². The molecule has 1 aromatic heterocycles. The van der Waals surface area contributed by atoms with E-state index in [2.05, 4.69) is 22.1 Å². The molecule has 0 aromatic carbocycles. The SMILES string of the molecule is CNC(=O)c1cc(N2CCC(C(C)N)CC2)ccn1. The van der Waals surface area contributed by atoms with Gasteiger partial charge in [-0.1, -0.05) is 0 Å². The largest absolute Gasteiger partial charge is 0.371 e. The number of pyridine rings is 1. The molecule has 0 spiro atoms. The number of aromatic nitrogens is 1. The molecule has 1 amide bonds. The molecule has 2 heterocycles. The molecule has 1 aliphatic heterocycles. The molecular formula is C14H22N4O. The summed E-state index contributed by atoms with van der Waals surface area (Å²) in [5, 5.41) is 2.60. The topological polar surface area (TPSA) is 71.2 Å². The Morgan fingerprint density at radius 2 is 2.21 bits per heavy atom. The Balaban J connectivity index is 2.05. The molecule has 5 nitrogen and oxygen atoms in total. The number of carbonyl (C=O) groups is 1. The van der Waals surface area contributed by atoms with E-state index in [1.807, 2.05) is 12.1 Å². The Labute approximate surface area is 114 Å². The van der Waals surface area contributed by atoms with Gasteiger partial charge in [-0.05, 0) is 37.8 Å². The summed E-state index contributed by atoms with van der Waals surface area (Å²) in [7, 11) is 1.62. The highest BCUT2D eigenvalue weighted by Gasteiger charge is 2.22. The summed E-state index contributed by atoms with van der Waals surface area (Å²) in [5.74, 6) is 0.462. The number of nitrogens with two attached hydrogens (primary N) is 1. The van der Waals surface area contributed by atoms with Gasteiger partial charge in [0.15, 0.2) is 0 Å². The molecule has 0 bridgehead atoms. The van der Waals surface area contributed by atoms with Gasteiger partial charge in [0, 0.05) is 38.1 Å². The van der Waals surface area contributed by atoms with Gasteiger partial charge in [-0.25, -0.2) is 0 Å². The van der Waals surface area contributed by atoms with E-state index in [-0.39, 0.29) is 11.9 Å². The Morgan fingerprint density at radius 3 is 2.79 bits per heavy atom. The van der Waals surface area contributed by atoms with E-state index in [1.54, 1.807) is 13.2 Å². The highest BCUT2D eigenvalue weighted by atomic mass is 16.1. The molecular weight excluding hydrogens is 240 g/mol. The Bertz CT molecular complexity index is 439. The van der Waals surface area contributed by atoms with Crippen LogP contribution in [0.5, 0.6) is 0 Å². The lowest BCUT2D eigenvalue weighted by molar-refractivity contribution is 0.0958. The number of hydrogen-bond acceptors (Lipinski definition) is 4. The second kappa shape index (κ2) is 6.02. The monoisotopic (exact) mass is 262 g/mol. The number of nitrogens with one attached hydrogen (secondary N) is 1. The number of carbonyl (C=O) groups excluding carboxylic acids is 1. The van der Waals surface area contributed by atoms with Gasteiger partial charge in [0.25, 0.3) is 5.91 Å². The lowest BCUT2D eigenvalue weighted by atomic mass is 9.91. The van der Waals surface area contributed by atoms with E-state index in [0.29, 0.717) is 11.6 Å². The summed E-state index contributed by atoms with van der Waals surface area (Å²) < 4.78 is 0. The normalized spacial score (nSPS) is 18.2. The van der Waals surface area contributed by atoms with Crippen molar-refractivity contribution in [2.75, 3.05) is 25.0 Å². The van der Waals surface area contributed by atoms with Crippen molar-refractivity contribution < 1.29 is 4.79 Å². The summed E-state index contributed by atoms with van der Waals surface area (Å²) in [6.07, 6.45) is 3.90. The van der Waals surface area contributed by atoms with E-state index >= 15 is 0 Å². The lowest BCUT2D eigenvalue weighted by Gasteiger charge is -2.35. The van der Waals surface area contributed by atoms with Crippen LogP contribution in [0.3, 0.4) is 0 Å². The molecule has 1 fully saturated rings. The molecule has 1 aliphatic rings. The maximum atomic E-state index is 11.6. The maximum Gasteiger partial charge on any atom is 0.269 e. The van der Waals surface area contributed by atoms with Gasteiger partial charge in [0.1, 0.15) is 5.69 Å². The first kappa shape index (κ1) is 13.8. The third-order valence-corrected chi connectivity index (χ3v) is 3.85. The molecule has 0 saturated carbocycles. The van der Waals surface area contributed by atoms with Gasteiger partial charge in [-0.2, -0.15) is 0 Å². The van der Waals surface area contributed by atoms with Crippen LogP contribution in [0.4, 0.5) is 5.69 Å². The van der Waals surface area contributed by atoms with Crippen molar-refractivity contribution in [2.24, 2.45) is 11.7 Å². The smallest absolute Gasteiger partial charge is 0.269 e. The zero-order valence-electron chi connectivity index (χ0n) is 11.6. The number of amides is 1. The zero-order valence-corrected chi connectivity index (χ0v) is 11.6. The number of piperidine rings is 1. The fourth-order valence-corrected chi connectivity index (χ4v) is 2.55. The van der Waals surface area contributed by atoms with Crippen molar-refractivity contribution in [2.45, 2.75) is 25.8 Å². The average Bonchev–Trinajstić information content (AvgIpc) is 2.46. The minimum atomic E-state index is -0.146. The van der Waals surface area contributed by atoms with Gasteiger partial charge in [0.05, 0.1) is 0 Å². The van der Waals surface area contributed by atoms with Gasteiger partial charge in [-0.15, -0.1) is 0 Å². The van der Waals surface area contributed by atoms with Gasteiger partial charge < -0.3 is 16.0 Å². The third kappa shape index (κ3) is 3.23. The van der Waals surface area contributed by atoms with Crippen molar-refractivity contribution in [1.82, 2.24) is 10.3 Å². The number of anilines is 1. The van der Waals surface area contributed by atoms with Crippen LogP contribution in [0.2, 0.25) is 0 Å². The van der Waals surface area contributed by atoms with Crippen molar-refractivity contribution in [1.29, 1.82) is 0 Å². The molecule has 1 unspecified atom stereocenters. The molecule has 0 radical (unpaired) electrons. The first-order chi connectivity index (χ1) is 9.11. The average molecular weight is 262 g/mol. The minimum absolute atomic E-state index is 0.146. The fourth-order valence-electron chi connectivity index (χ4n) is 2.55. The highest BCUT2D eigenvalue weighted by Crippen LogP contribution is 2.24. The molecule has 2 rings (SSSR count). The van der Waals surface area contributed by atoms with Gasteiger partial charge in [-0.3, -0.25) is 9.78 Å². The number of rotatable bonds is 3. The Morgan fingerprint density at radius 1 is 1.53 bits per heavy atom. The number of hydrogen-bond donors (Lipinski definition) is 2. The second-order valence-corrected chi connectivity index (χ2v) is 5.16. The summed E-state index contributed by atoms with van der Waals surface area (Å²) in [5.41, 5.74) is 7.49. The van der Waals surface area contributed by atoms with Crippen LogP contribution >= 0.6 is 0 Å². The predicted molar refractivity (Wildman–Crippen MR) is 76.2 cm³/mol. The van der Waals surface area contributed by atoms with Crippen molar-refractivity contribution in [3.05, 3.63) is 24.0 Å². The summed E-state index contributed by atoms with van der Waals surface area (Å²) in [4.78, 5) is 18.0. The summed E-state index contributed by atoms with van der Waals surface area (Å²) in [6, 6.07) is 4.07. The minimum Gasteiger partial charge on any atom is -0.371 e. The highest BCUT2D eigenvalue weighted by molar-refractivity contribution is 5.92. The lowest BCUT2D eigenvalue weighted by Crippen LogP contribution is -2.39. The first-order valence-electron chi connectivity index (χ1n) is 6.80. The fraction of sp³-hybridized carbons (Fsp3) is 0.571.